The molecule has 0 N–H and O–H groups in total. The maximum atomic E-state index is 12.6. The Morgan fingerprint density at radius 1 is 1.05 bits per heavy atom. The number of benzene rings is 2. The largest absolute Gasteiger partial charge is 0.282 e. The quantitative estimate of drug-likeness (QED) is 0.354. The van der Waals surface area contributed by atoms with Crippen molar-refractivity contribution >= 4 is 54.9 Å². The van der Waals surface area contributed by atoms with Gasteiger partial charge in [0.25, 0.3) is 5.56 Å². The van der Waals surface area contributed by atoms with Gasteiger partial charge in [0, 0.05) is 15.2 Å². The fraction of sp³-hybridized carbons (Fsp3) is 0. The van der Waals surface area contributed by atoms with Crippen molar-refractivity contribution < 1.29 is 0 Å². The second kappa shape index (κ2) is 4.51. The third-order valence-electron chi connectivity index (χ3n) is 3.39. The first-order chi connectivity index (χ1) is 10.1. The van der Waals surface area contributed by atoms with Crippen molar-refractivity contribution in [3.8, 4) is 0 Å². The molecule has 4 aromatic rings. The molecule has 4 nitrogen and oxygen atoms in total. The molecule has 0 amide bonds. The van der Waals surface area contributed by atoms with Crippen LogP contribution in [0.4, 0.5) is 0 Å². The van der Waals surface area contributed by atoms with Gasteiger partial charge in [0.2, 0.25) is 0 Å². The summed E-state index contributed by atoms with van der Waals surface area (Å²) in [4.78, 5) is 17.2. The standard InChI is InChI=1S/C15H7BrClN3O/c16-8-5-6-12-11(7-8)15(21)20-14(18-12)10-4-2-1-3-9(10)13(17)19-20/h1-7H. The van der Waals surface area contributed by atoms with Gasteiger partial charge in [-0.05, 0) is 18.2 Å². The second-order valence-corrected chi connectivity index (χ2v) is 5.92. The van der Waals surface area contributed by atoms with Gasteiger partial charge < -0.3 is 0 Å². The highest BCUT2D eigenvalue weighted by Crippen LogP contribution is 2.24. The highest BCUT2D eigenvalue weighted by Gasteiger charge is 2.12. The van der Waals surface area contributed by atoms with Gasteiger partial charge in [-0.2, -0.15) is 9.61 Å². The highest BCUT2D eigenvalue weighted by atomic mass is 79.9. The summed E-state index contributed by atoms with van der Waals surface area (Å²) in [5.74, 6) is 0. The van der Waals surface area contributed by atoms with Gasteiger partial charge in [0.05, 0.1) is 10.9 Å². The van der Waals surface area contributed by atoms with Gasteiger partial charge in [-0.1, -0.05) is 51.8 Å². The minimum atomic E-state index is -0.232. The zero-order chi connectivity index (χ0) is 14.6. The fourth-order valence-corrected chi connectivity index (χ4v) is 3.02. The molecule has 0 saturated heterocycles. The number of hydrogen-bond acceptors (Lipinski definition) is 3. The number of rotatable bonds is 0. The molecular weight excluding hydrogens is 354 g/mol. The number of fused-ring (bicyclic) bond motifs is 4. The van der Waals surface area contributed by atoms with E-state index < -0.39 is 0 Å². The molecule has 0 radical (unpaired) electrons. The van der Waals surface area contributed by atoms with Crippen LogP contribution in [0.2, 0.25) is 5.15 Å². The van der Waals surface area contributed by atoms with Crippen LogP contribution in [-0.4, -0.2) is 14.6 Å². The lowest BCUT2D eigenvalue weighted by atomic mass is 10.2. The van der Waals surface area contributed by atoms with Gasteiger partial charge in [-0.15, -0.1) is 0 Å². The molecule has 2 heterocycles. The van der Waals surface area contributed by atoms with E-state index in [2.05, 4.69) is 26.0 Å². The van der Waals surface area contributed by atoms with E-state index in [1.54, 1.807) is 6.07 Å². The maximum Gasteiger partial charge on any atom is 0.282 e. The van der Waals surface area contributed by atoms with Gasteiger partial charge >= 0.3 is 0 Å². The molecule has 0 aliphatic carbocycles. The molecule has 2 aromatic heterocycles. The molecule has 0 saturated carbocycles. The summed E-state index contributed by atoms with van der Waals surface area (Å²) in [6, 6.07) is 12.9. The van der Waals surface area contributed by atoms with E-state index in [4.69, 9.17) is 11.6 Å². The van der Waals surface area contributed by atoms with Crippen LogP contribution in [0.15, 0.2) is 51.7 Å². The Morgan fingerprint density at radius 2 is 1.81 bits per heavy atom. The zero-order valence-electron chi connectivity index (χ0n) is 10.5. The van der Waals surface area contributed by atoms with Crippen LogP contribution in [0.25, 0.3) is 27.3 Å². The first-order valence-electron chi connectivity index (χ1n) is 6.22. The van der Waals surface area contributed by atoms with Gasteiger partial charge in [0.1, 0.15) is 0 Å². The van der Waals surface area contributed by atoms with Crippen molar-refractivity contribution in [2.24, 2.45) is 0 Å². The Kier molecular flexibility index (Phi) is 2.74. The Hall–Kier alpha value is -1.98. The van der Waals surface area contributed by atoms with Crippen LogP contribution in [-0.2, 0) is 0 Å². The summed E-state index contributed by atoms with van der Waals surface area (Å²) >= 11 is 9.55. The van der Waals surface area contributed by atoms with E-state index >= 15 is 0 Å². The molecule has 4 rings (SSSR count). The summed E-state index contributed by atoms with van der Waals surface area (Å²) in [5.41, 5.74) is 0.913. The topological polar surface area (TPSA) is 47.3 Å². The van der Waals surface area contributed by atoms with Crippen LogP contribution >= 0.6 is 27.5 Å². The molecule has 0 aliphatic heterocycles. The second-order valence-electron chi connectivity index (χ2n) is 4.65. The smallest absolute Gasteiger partial charge is 0.267 e. The summed E-state index contributed by atoms with van der Waals surface area (Å²) < 4.78 is 2.08. The Balaban J connectivity index is 2.34. The van der Waals surface area contributed by atoms with Crippen molar-refractivity contribution in [3.63, 3.8) is 0 Å². The highest BCUT2D eigenvalue weighted by molar-refractivity contribution is 9.10. The third kappa shape index (κ3) is 1.85. The van der Waals surface area contributed by atoms with Crippen molar-refractivity contribution in [1.29, 1.82) is 0 Å². The molecule has 0 aliphatic rings. The monoisotopic (exact) mass is 359 g/mol. The summed E-state index contributed by atoms with van der Waals surface area (Å²) in [6.45, 7) is 0. The lowest BCUT2D eigenvalue weighted by Crippen LogP contribution is -2.18. The molecule has 0 atom stereocenters. The normalized spacial score (nSPS) is 11.5. The van der Waals surface area contributed by atoms with Crippen LogP contribution < -0.4 is 5.56 Å². The zero-order valence-corrected chi connectivity index (χ0v) is 12.9. The molecule has 102 valence electrons. The van der Waals surface area contributed by atoms with Gasteiger partial charge in [-0.25, -0.2) is 4.98 Å². The molecule has 0 unspecified atom stereocenters. The van der Waals surface area contributed by atoms with Crippen LogP contribution in [0.1, 0.15) is 0 Å². The lowest BCUT2D eigenvalue weighted by molar-refractivity contribution is 0.892. The summed E-state index contributed by atoms with van der Waals surface area (Å²) in [7, 11) is 0. The maximum absolute atomic E-state index is 12.6. The van der Waals surface area contributed by atoms with Crippen LogP contribution in [0.3, 0.4) is 0 Å². The predicted molar refractivity (Wildman–Crippen MR) is 87.0 cm³/mol. The molecule has 6 heteroatoms. The van der Waals surface area contributed by atoms with E-state index in [0.717, 1.165) is 15.2 Å². The van der Waals surface area contributed by atoms with Crippen molar-refractivity contribution in [3.05, 3.63) is 62.4 Å². The first-order valence-corrected chi connectivity index (χ1v) is 7.39. The van der Waals surface area contributed by atoms with E-state index in [0.29, 0.717) is 16.6 Å². The fourth-order valence-electron chi connectivity index (χ4n) is 2.42. The van der Waals surface area contributed by atoms with Crippen molar-refractivity contribution in [1.82, 2.24) is 14.6 Å². The van der Waals surface area contributed by atoms with E-state index in [1.165, 1.54) is 4.52 Å². The minimum absolute atomic E-state index is 0.232. The number of halogens is 2. The van der Waals surface area contributed by atoms with Gasteiger partial charge in [-0.3, -0.25) is 4.79 Å². The number of aromatic nitrogens is 3. The number of nitrogens with zero attached hydrogens (tertiary/aromatic N) is 3. The minimum Gasteiger partial charge on any atom is -0.267 e. The van der Waals surface area contributed by atoms with Gasteiger partial charge in [0.15, 0.2) is 10.8 Å². The summed E-state index contributed by atoms with van der Waals surface area (Å²) in [6.07, 6.45) is 0. The lowest BCUT2D eigenvalue weighted by Gasteiger charge is -2.07. The third-order valence-corrected chi connectivity index (χ3v) is 4.16. The molecule has 0 fully saturated rings. The Labute approximate surface area is 132 Å². The average molecular weight is 361 g/mol. The van der Waals surface area contributed by atoms with Crippen molar-refractivity contribution in [2.45, 2.75) is 0 Å². The van der Waals surface area contributed by atoms with Crippen molar-refractivity contribution in [2.75, 3.05) is 0 Å². The van der Waals surface area contributed by atoms with E-state index in [-0.39, 0.29) is 10.7 Å². The Bertz CT molecular complexity index is 1090. The average Bonchev–Trinajstić information content (AvgIpc) is 2.50. The van der Waals surface area contributed by atoms with Crippen LogP contribution in [0.5, 0.6) is 0 Å². The Morgan fingerprint density at radius 3 is 2.62 bits per heavy atom. The van der Waals surface area contributed by atoms with Crippen LogP contribution in [0, 0.1) is 0 Å². The number of hydrogen-bond donors (Lipinski definition) is 0. The molecule has 0 spiro atoms. The molecule has 0 bridgehead atoms. The first kappa shape index (κ1) is 12.7. The predicted octanol–water partition coefficient (Wildman–Crippen LogP) is 3.81. The molecule has 2 aromatic carbocycles. The molecular formula is C15H7BrClN3O. The SMILES string of the molecule is O=c1c2cc(Br)ccc2nc2c3ccccc3c(Cl)nn12. The van der Waals surface area contributed by atoms with E-state index in [9.17, 15) is 4.79 Å². The van der Waals surface area contributed by atoms with E-state index in [1.807, 2.05) is 36.4 Å². The summed E-state index contributed by atoms with van der Waals surface area (Å²) in [5, 5.41) is 6.55. The molecule has 21 heavy (non-hydrogen) atoms.